The highest BCUT2D eigenvalue weighted by molar-refractivity contribution is 7.98. The number of nitrogens with one attached hydrogen (secondary N) is 2. The van der Waals surface area contributed by atoms with Crippen LogP contribution in [0.15, 0.2) is 29.3 Å². The zero-order valence-corrected chi connectivity index (χ0v) is 14.2. The van der Waals surface area contributed by atoms with Gasteiger partial charge in [-0.05, 0) is 30.9 Å². The van der Waals surface area contributed by atoms with Crippen molar-refractivity contribution in [2.75, 3.05) is 31.6 Å². The van der Waals surface area contributed by atoms with Crippen LogP contribution in [0.2, 0.25) is 0 Å². The van der Waals surface area contributed by atoms with Gasteiger partial charge < -0.3 is 10.6 Å². The summed E-state index contributed by atoms with van der Waals surface area (Å²) in [5, 5.41) is 6.56. The highest BCUT2D eigenvalue weighted by Crippen LogP contribution is 2.23. The fourth-order valence-electron chi connectivity index (χ4n) is 1.88. The Morgan fingerprint density at radius 3 is 2.48 bits per heavy atom. The lowest BCUT2D eigenvalue weighted by Gasteiger charge is -2.24. The monoisotopic (exact) mass is 311 g/mol. The zero-order chi connectivity index (χ0) is 15.7. The SMILES string of the molecule is CCNC(=NCC(C)(C)c1ccc(F)cc1)NCCSC. The normalized spacial score (nSPS) is 12.3. The highest BCUT2D eigenvalue weighted by Gasteiger charge is 2.20. The molecule has 5 heteroatoms. The van der Waals surface area contributed by atoms with Gasteiger partial charge in [-0.25, -0.2) is 4.39 Å². The molecule has 0 radical (unpaired) electrons. The van der Waals surface area contributed by atoms with Gasteiger partial charge in [-0.15, -0.1) is 0 Å². The second-order valence-corrected chi connectivity index (χ2v) is 6.49. The van der Waals surface area contributed by atoms with Gasteiger partial charge in [-0.2, -0.15) is 11.8 Å². The van der Waals surface area contributed by atoms with E-state index in [9.17, 15) is 4.39 Å². The maximum atomic E-state index is 13.0. The molecular formula is C16H26FN3S. The van der Waals surface area contributed by atoms with Gasteiger partial charge in [0.2, 0.25) is 0 Å². The Kier molecular flexibility index (Phi) is 7.57. The molecular weight excluding hydrogens is 285 g/mol. The molecule has 0 amide bonds. The molecule has 1 rings (SSSR count). The fourth-order valence-corrected chi connectivity index (χ4v) is 2.19. The van der Waals surface area contributed by atoms with Gasteiger partial charge in [-0.1, -0.05) is 26.0 Å². The average Bonchev–Trinajstić information content (AvgIpc) is 2.45. The lowest BCUT2D eigenvalue weighted by Crippen LogP contribution is -2.39. The largest absolute Gasteiger partial charge is 0.357 e. The first-order valence-corrected chi connectivity index (χ1v) is 8.66. The summed E-state index contributed by atoms with van der Waals surface area (Å²) in [5.74, 6) is 1.68. The van der Waals surface area contributed by atoms with E-state index >= 15 is 0 Å². The van der Waals surface area contributed by atoms with E-state index in [2.05, 4.69) is 42.7 Å². The van der Waals surface area contributed by atoms with Crippen LogP contribution in [0.25, 0.3) is 0 Å². The van der Waals surface area contributed by atoms with E-state index < -0.39 is 0 Å². The van der Waals surface area contributed by atoms with Gasteiger partial charge in [0.05, 0.1) is 6.54 Å². The molecule has 0 atom stereocenters. The van der Waals surface area contributed by atoms with E-state index in [-0.39, 0.29) is 11.2 Å². The second kappa shape index (κ2) is 8.93. The van der Waals surface area contributed by atoms with E-state index in [1.165, 1.54) is 12.1 Å². The van der Waals surface area contributed by atoms with Crippen LogP contribution in [0, 0.1) is 5.82 Å². The summed E-state index contributed by atoms with van der Waals surface area (Å²) < 4.78 is 13.0. The number of hydrogen-bond donors (Lipinski definition) is 2. The molecule has 0 bridgehead atoms. The number of halogens is 1. The van der Waals surface area contributed by atoms with Gasteiger partial charge in [0, 0.05) is 24.3 Å². The smallest absolute Gasteiger partial charge is 0.191 e. The molecule has 0 fully saturated rings. The van der Waals surface area contributed by atoms with Crippen LogP contribution in [-0.2, 0) is 5.41 Å². The number of rotatable bonds is 7. The van der Waals surface area contributed by atoms with E-state index in [1.807, 2.05) is 12.1 Å². The summed E-state index contributed by atoms with van der Waals surface area (Å²) in [6.45, 7) is 8.67. The Morgan fingerprint density at radius 2 is 1.90 bits per heavy atom. The summed E-state index contributed by atoms with van der Waals surface area (Å²) in [5.41, 5.74) is 0.961. The lowest BCUT2D eigenvalue weighted by atomic mass is 9.85. The van der Waals surface area contributed by atoms with Crippen LogP contribution in [-0.4, -0.2) is 37.6 Å². The van der Waals surface area contributed by atoms with Gasteiger partial charge >= 0.3 is 0 Å². The number of nitrogens with zero attached hydrogens (tertiary/aromatic N) is 1. The summed E-state index contributed by atoms with van der Waals surface area (Å²) in [6.07, 6.45) is 2.09. The summed E-state index contributed by atoms with van der Waals surface area (Å²) >= 11 is 1.80. The minimum absolute atomic E-state index is 0.129. The molecule has 0 saturated heterocycles. The first-order chi connectivity index (χ1) is 9.99. The summed E-state index contributed by atoms with van der Waals surface area (Å²) in [6, 6.07) is 6.67. The van der Waals surface area contributed by atoms with Crippen molar-refractivity contribution in [2.24, 2.45) is 4.99 Å². The minimum Gasteiger partial charge on any atom is -0.357 e. The Bertz CT molecular complexity index is 443. The molecule has 0 aromatic heterocycles. The molecule has 21 heavy (non-hydrogen) atoms. The Hall–Kier alpha value is -1.23. The maximum absolute atomic E-state index is 13.0. The molecule has 0 aliphatic rings. The van der Waals surface area contributed by atoms with Crippen molar-refractivity contribution in [1.29, 1.82) is 0 Å². The van der Waals surface area contributed by atoms with Gasteiger partial charge in [0.1, 0.15) is 5.82 Å². The first kappa shape index (κ1) is 17.8. The number of guanidine groups is 1. The van der Waals surface area contributed by atoms with Crippen LogP contribution < -0.4 is 10.6 Å². The van der Waals surface area contributed by atoms with Gasteiger partial charge in [0.15, 0.2) is 5.96 Å². The molecule has 3 nitrogen and oxygen atoms in total. The average molecular weight is 311 g/mol. The number of aliphatic imine (C=N–C) groups is 1. The van der Waals surface area contributed by atoms with Crippen LogP contribution >= 0.6 is 11.8 Å². The molecule has 2 N–H and O–H groups in total. The summed E-state index contributed by atoms with van der Waals surface area (Å²) in [7, 11) is 0. The molecule has 1 aromatic carbocycles. The van der Waals surface area contributed by atoms with Crippen molar-refractivity contribution in [3.8, 4) is 0 Å². The molecule has 0 saturated carbocycles. The van der Waals surface area contributed by atoms with Crippen molar-refractivity contribution in [3.63, 3.8) is 0 Å². The quantitative estimate of drug-likeness (QED) is 0.462. The third-order valence-corrected chi connectivity index (χ3v) is 3.81. The van der Waals surface area contributed by atoms with Crippen molar-refractivity contribution in [2.45, 2.75) is 26.2 Å². The van der Waals surface area contributed by atoms with Crippen molar-refractivity contribution in [3.05, 3.63) is 35.6 Å². The van der Waals surface area contributed by atoms with E-state index in [1.54, 1.807) is 11.8 Å². The standard InChI is InChI=1S/C16H26FN3S/c1-5-18-15(19-10-11-21-4)20-12-16(2,3)13-6-8-14(17)9-7-13/h6-9H,5,10-12H2,1-4H3,(H2,18,19,20). The molecule has 118 valence electrons. The maximum Gasteiger partial charge on any atom is 0.191 e. The van der Waals surface area contributed by atoms with Crippen molar-refractivity contribution >= 4 is 17.7 Å². The van der Waals surface area contributed by atoms with E-state index in [0.717, 1.165) is 30.4 Å². The zero-order valence-electron chi connectivity index (χ0n) is 13.4. The van der Waals surface area contributed by atoms with Crippen LogP contribution in [0.3, 0.4) is 0 Å². The summed E-state index contributed by atoms with van der Waals surface area (Å²) in [4.78, 5) is 4.65. The van der Waals surface area contributed by atoms with Crippen LogP contribution in [0.4, 0.5) is 4.39 Å². The second-order valence-electron chi connectivity index (χ2n) is 5.51. The molecule has 0 heterocycles. The van der Waals surface area contributed by atoms with Gasteiger partial charge in [0.25, 0.3) is 0 Å². The number of benzene rings is 1. The Labute approximate surface area is 131 Å². The van der Waals surface area contributed by atoms with E-state index in [4.69, 9.17) is 0 Å². The fraction of sp³-hybridized carbons (Fsp3) is 0.562. The van der Waals surface area contributed by atoms with Crippen LogP contribution in [0.1, 0.15) is 26.3 Å². The lowest BCUT2D eigenvalue weighted by molar-refractivity contribution is 0.535. The molecule has 0 spiro atoms. The van der Waals surface area contributed by atoms with Gasteiger partial charge in [-0.3, -0.25) is 4.99 Å². The molecule has 0 aliphatic carbocycles. The highest BCUT2D eigenvalue weighted by atomic mass is 32.2. The Morgan fingerprint density at radius 1 is 1.24 bits per heavy atom. The number of thioether (sulfide) groups is 1. The van der Waals surface area contributed by atoms with Crippen LogP contribution in [0.5, 0.6) is 0 Å². The minimum atomic E-state index is -0.204. The molecule has 1 aromatic rings. The van der Waals surface area contributed by atoms with Crippen molar-refractivity contribution < 1.29 is 4.39 Å². The third-order valence-electron chi connectivity index (χ3n) is 3.20. The molecule has 0 unspecified atom stereocenters. The first-order valence-electron chi connectivity index (χ1n) is 7.26. The molecule has 0 aliphatic heterocycles. The Balaban J connectivity index is 2.69. The third kappa shape index (κ3) is 6.38. The predicted molar refractivity (Wildman–Crippen MR) is 91.8 cm³/mol. The van der Waals surface area contributed by atoms with Crippen molar-refractivity contribution in [1.82, 2.24) is 10.6 Å². The van der Waals surface area contributed by atoms with E-state index in [0.29, 0.717) is 6.54 Å². The number of hydrogen-bond acceptors (Lipinski definition) is 2. The predicted octanol–water partition coefficient (Wildman–Crippen LogP) is 3.02. The topological polar surface area (TPSA) is 36.4 Å².